The van der Waals surface area contributed by atoms with E-state index in [9.17, 15) is 49.8 Å². The lowest BCUT2D eigenvalue weighted by atomic mass is 10.1. The first-order valence-electron chi connectivity index (χ1n) is 28.8. The first-order chi connectivity index (χ1) is 44.4. The number of aromatic nitrogens is 8. The summed E-state index contributed by atoms with van der Waals surface area (Å²) in [4.78, 5) is 98.5. The Morgan fingerprint density at radius 3 is 1.60 bits per heavy atom. The highest BCUT2D eigenvalue weighted by Crippen LogP contribution is 2.50. The lowest BCUT2D eigenvalue weighted by molar-refractivity contribution is -0.386. The molecule has 0 saturated carbocycles. The predicted octanol–water partition coefficient (Wildman–Crippen LogP) is 7.65. The molecule has 0 aliphatic carbocycles. The van der Waals surface area contributed by atoms with Crippen LogP contribution in [0, 0.1) is 31.6 Å². The fraction of sp³-hybridized carbons (Fsp3) is 0.526. The minimum Gasteiger partial charge on any atom is -0.454 e. The largest absolute Gasteiger partial charge is 0.508 e. The molecule has 2 fully saturated rings. The fourth-order valence-corrected chi connectivity index (χ4v) is 11.7. The van der Waals surface area contributed by atoms with Crippen LogP contribution in [0.3, 0.4) is 0 Å². The van der Waals surface area contributed by atoms with E-state index >= 15 is 0 Å². The third-order valence-electron chi connectivity index (χ3n) is 14.1. The Morgan fingerprint density at radius 1 is 0.737 bits per heavy atom. The van der Waals surface area contributed by atoms with E-state index < -0.39 is 90.9 Å². The fourth-order valence-electron chi connectivity index (χ4n) is 9.91. The Morgan fingerprint density at radius 2 is 1.17 bits per heavy atom. The van der Waals surface area contributed by atoms with Gasteiger partial charge in [0.25, 0.3) is 31.0 Å². The number of carbonyl (C=O) groups is 2. The van der Waals surface area contributed by atoms with Crippen molar-refractivity contribution in [1.82, 2.24) is 54.0 Å². The number of aromatic amines is 2. The summed E-state index contributed by atoms with van der Waals surface area (Å²) in [6.07, 6.45) is -3.64. The number of benzene rings is 2. The van der Waals surface area contributed by atoms with Crippen LogP contribution in [-0.2, 0) is 37.5 Å². The zero-order valence-electron chi connectivity index (χ0n) is 51.9. The summed E-state index contributed by atoms with van der Waals surface area (Å²) < 4.78 is 72.2. The molecule has 4 aliphatic rings. The number of rotatable bonds is 24. The van der Waals surface area contributed by atoms with Gasteiger partial charge in [0.1, 0.15) is 48.4 Å². The van der Waals surface area contributed by atoms with Crippen molar-refractivity contribution in [2.24, 2.45) is 9.98 Å². The number of ether oxygens (including phenoxy) is 10. The molecular weight excluding hydrogens is 1280 g/mol. The number of nitro groups is 2. The van der Waals surface area contributed by atoms with Crippen molar-refractivity contribution in [2.75, 3.05) is 61.6 Å². The third-order valence-corrected chi connectivity index (χ3v) is 16.3. The van der Waals surface area contributed by atoms with Crippen molar-refractivity contribution < 1.29 is 81.0 Å². The minimum atomic E-state index is -1.75. The molecule has 4 aromatic heterocycles. The number of fused-ring (bicyclic) bond motifs is 4. The van der Waals surface area contributed by atoms with Gasteiger partial charge in [-0.15, -0.1) is 0 Å². The summed E-state index contributed by atoms with van der Waals surface area (Å²) in [5, 5.41) is 52.0. The predicted molar refractivity (Wildman–Crippen MR) is 337 cm³/mol. The van der Waals surface area contributed by atoms with Crippen molar-refractivity contribution >= 4 is 78.9 Å². The molecule has 3 N–H and O–H groups in total. The van der Waals surface area contributed by atoms with Gasteiger partial charge < -0.3 is 71.3 Å². The van der Waals surface area contributed by atoms with Crippen LogP contribution in [0.25, 0.3) is 22.1 Å². The number of H-pyrrole nitrogens is 2. The molecule has 514 valence electrons. The van der Waals surface area contributed by atoms with Crippen molar-refractivity contribution in [1.29, 1.82) is 5.26 Å². The Kier molecular flexibility index (Phi) is 24.5. The molecule has 6 aromatic rings. The summed E-state index contributed by atoms with van der Waals surface area (Å²) in [5.74, 6) is 1.12. The van der Waals surface area contributed by atoms with Crippen molar-refractivity contribution in [3.63, 3.8) is 0 Å². The molecule has 9 atom stereocenters. The maximum Gasteiger partial charge on any atom is 0.508 e. The second-order valence-electron chi connectivity index (χ2n) is 22.0. The number of nitrogens with one attached hydrogen (secondary N) is 2. The van der Waals surface area contributed by atoms with E-state index in [1.54, 1.807) is 38.0 Å². The van der Waals surface area contributed by atoms with Gasteiger partial charge in [0.15, 0.2) is 46.7 Å². The quantitative estimate of drug-likeness (QED) is 0.00995. The van der Waals surface area contributed by atoms with Crippen LogP contribution in [-0.4, -0.2) is 192 Å². The number of aliphatic hydroxyl groups excluding tert-OH is 1. The highest BCUT2D eigenvalue weighted by atomic mass is 31.2. The minimum absolute atomic E-state index is 0. The molecule has 37 nitrogen and oxygen atoms in total. The highest BCUT2D eigenvalue weighted by Gasteiger charge is 2.44. The molecule has 0 radical (unpaired) electrons. The molecule has 0 spiro atoms. The van der Waals surface area contributed by atoms with Gasteiger partial charge in [-0.2, -0.15) is 25.4 Å². The van der Waals surface area contributed by atoms with E-state index in [1.807, 2.05) is 32.4 Å². The van der Waals surface area contributed by atoms with Gasteiger partial charge >= 0.3 is 12.3 Å². The number of hydrogen-bond acceptors (Lipinski definition) is 29. The van der Waals surface area contributed by atoms with Gasteiger partial charge in [0, 0.05) is 53.1 Å². The van der Waals surface area contributed by atoms with Crippen LogP contribution in [0.5, 0.6) is 23.0 Å². The standard InChI is InChI=1S/C32H42N9O11P.C23H25N7O10.2CH4/c1-18(2)40(19(3)4)53(49-10-8-9-33)52-26-13-28(39-29-22(14-35-39)30(42)37-31(36-29)34-16-38(6)7)51-27(26)15-46-32(43)50-20(5)21-11-24-25(48-17-47-24)12-23(21)41(44)45;1-11(12-4-16-17(38-10-37-16)5-14(12)30(34)35)39-23(33)36-8-18-15(31)6-19(40-18)29-20-13(7-25-29)21(32)27-22(26-20)24-9-28(2)3;;/h11-12,14,16,18-20,26-28H,8,10,13,15,17H2,1-7H3,(H,36,37,42);4-5,7,9,11,15,18-19,31H,6,8,10H2,1-3H3,(H,26,27,32);2*1H4. The Balaban J connectivity index is 0.000000272. The third kappa shape index (κ3) is 17.4. The van der Waals surface area contributed by atoms with Gasteiger partial charge in [0.05, 0.1) is 89.5 Å². The lowest BCUT2D eigenvalue weighted by Crippen LogP contribution is -2.37. The van der Waals surface area contributed by atoms with Crippen LogP contribution < -0.4 is 30.1 Å². The van der Waals surface area contributed by atoms with Gasteiger partial charge in [-0.25, -0.2) is 33.6 Å². The number of nitriles is 1. The Bertz CT molecular complexity index is 3940. The number of nitrogens with zero attached hydrogens (tertiary/aromatic N) is 14. The average Bonchev–Trinajstić information content (AvgIpc) is 1.67. The zero-order valence-corrected chi connectivity index (χ0v) is 52.8. The highest BCUT2D eigenvalue weighted by molar-refractivity contribution is 7.44. The van der Waals surface area contributed by atoms with E-state index in [4.69, 9.17) is 56.4 Å². The zero-order chi connectivity index (χ0) is 66.9. The number of carbonyl (C=O) groups excluding carboxylic acids is 2. The topological polar surface area (TPSA) is 437 Å². The molecule has 95 heavy (non-hydrogen) atoms. The Labute approximate surface area is 543 Å². The molecule has 0 bridgehead atoms. The molecule has 2 saturated heterocycles. The van der Waals surface area contributed by atoms with Crippen LogP contribution in [0.15, 0.2) is 56.2 Å². The molecule has 10 rings (SSSR count). The molecule has 8 heterocycles. The normalized spacial score (nSPS) is 19.5. The van der Waals surface area contributed by atoms with Gasteiger partial charge in [-0.3, -0.25) is 39.8 Å². The Hall–Kier alpha value is -9.70. The van der Waals surface area contributed by atoms with Gasteiger partial charge in [0.2, 0.25) is 25.5 Å². The number of hydrogen-bond donors (Lipinski definition) is 3. The van der Waals surface area contributed by atoms with Crippen molar-refractivity contribution in [2.45, 2.75) is 137 Å². The molecular formula is C57H75N16O21P. The monoisotopic (exact) mass is 1350 g/mol. The first-order valence-corrected chi connectivity index (χ1v) is 29.9. The maximum absolute atomic E-state index is 13.0. The number of aliphatic hydroxyl groups is 1. The number of nitro benzene ring substituents is 2. The van der Waals surface area contributed by atoms with E-state index in [0.717, 1.165) is 0 Å². The van der Waals surface area contributed by atoms with E-state index in [1.165, 1.54) is 72.5 Å². The lowest BCUT2D eigenvalue weighted by Gasteiger charge is -2.37. The first kappa shape index (κ1) is 72.7. The van der Waals surface area contributed by atoms with Crippen LogP contribution in [0.2, 0.25) is 0 Å². The summed E-state index contributed by atoms with van der Waals surface area (Å²) >= 11 is 0. The average molecular weight is 1350 g/mol. The van der Waals surface area contributed by atoms with E-state index in [-0.39, 0.29) is 159 Å². The SMILES string of the molecule is C.C.CC(OC(=O)OCC1OC(n2ncc3c(=O)[nH]c(N=CN(C)C)nc32)CC1O)c1cc2c(cc1[N+](=O)[O-])OCO2.CC(OC(=O)OCC1OC(n2ncc3c(=O)[nH]c(N=CN(C)C)nc32)CC1OP(OCCC#N)N(C(C)C)C(C)C)c1cc2c(cc1[N+](=O)[O-])OCO2. The van der Waals surface area contributed by atoms with E-state index in [2.05, 4.69) is 46.2 Å². The molecule has 0 amide bonds. The maximum atomic E-state index is 13.0. The van der Waals surface area contributed by atoms with Crippen molar-refractivity contribution in [3.8, 4) is 29.1 Å². The smallest absolute Gasteiger partial charge is 0.454 e. The molecule has 4 aliphatic heterocycles. The molecule has 9 unspecified atom stereocenters. The van der Waals surface area contributed by atoms with Gasteiger partial charge in [-0.05, 0) is 53.7 Å². The van der Waals surface area contributed by atoms with Crippen LogP contribution in [0.4, 0.5) is 32.9 Å². The summed E-state index contributed by atoms with van der Waals surface area (Å²) in [6.45, 7) is 10.1. The number of aliphatic imine (C=N–C) groups is 2. The summed E-state index contributed by atoms with van der Waals surface area (Å²) in [5.41, 5.74) is -0.934. The summed E-state index contributed by atoms with van der Waals surface area (Å²) in [6, 6.07) is 7.25. The van der Waals surface area contributed by atoms with Crippen molar-refractivity contribution in [3.05, 3.63) is 88.7 Å². The molecule has 2 aromatic carbocycles. The van der Waals surface area contributed by atoms with Crippen LogP contribution >= 0.6 is 8.53 Å². The summed E-state index contributed by atoms with van der Waals surface area (Å²) in [7, 11) is 5.32. The second kappa shape index (κ2) is 32.0. The van der Waals surface area contributed by atoms with Crippen LogP contribution in [0.1, 0.15) is 111 Å². The second-order valence-corrected chi connectivity index (χ2v) is 23.4. The van der Waals surface area contributed by atoms with E-state index in [0.29, 0.717) is 0 Å². The molecule has 38 heteroatoms. The van der Waals surface area contributed by atoms with Gasteiger partial charge in [-0.1, -0.05) is 14.9 Å².